The lowest BCUT2D eigenvalue weighted by Gasteiger charge is -2.31. The molecular formula is C31H44F3N3O2. The number of rotatable bonds is 13. The molecule has 1 aromatic carbocycles. The summed E-state index contributed by atoms with van der Waals surface area (Å²) in [5, 5.41) is 9.80. The van der Waals surface area contributed by atoms with Gasteiger partial charge in [-0.05, 0) is 88.7 Å². The Labute approximate surface area is 229 Å². The molecule has 0 amide bonds. The van der Waals surface area contributed by atoms with Crippen LogP contribution in [-0.4, -0.2) is 45.8 Å². The third-order valence-electron chi connectivity index (χ3n) is 8.65. The molecule has 0 aliphatic carbocycles. The van der Waals surface area contributed by atoms with Crippen molar-refractivity contribution in [1.82, 2.24) is 14.5 Å². The zero-order chi connectivity index (χ0) is 28.0. The van der Waals surface area contributed by atoms with Gasteiger partial charge in [0, 0.05) is 46.7 Å². The number of alkyl halides is 3. The number of aliphatic hydroxyl groups excluding tert-OH is 1. The third-order valence-corrected chi connectivity index (χ3v) is 8.65. The lowest BCUT2D eigenvalue weighted by Crippen LogP contribution is -2.34. The van der Waals surface area contributed by atoms with Crippen LogP contribution in [0.25, 0.3) is 21.8 Å². The Morgan fingerprint density at radius 1 is 0.974 bits per heavy atom. The van der Waals surface area contributed by atoms with Gasteiger partial charge >= 0.3 is 6.18 Å². The smallest absolute Gasteiger partial charge is 0.396 e. The molecule has 5 nitrogen and oxygen atoms in total. The molecule has 1 saturated heterocycles. The van der Waals surface area contributed by atoms with E-state index < -0.39 is 17.3 Å². The predicted molar refractivity (Wildman–Crippen MR) is 152 cm³/mol. The molecule has 0 spiro atoms. The largest absolute Gasteiger partial charge is 0.417 e. The molecule has 1 aliphatic rings. The summed E-state index contributed by atoms with van der Waals surface area (Å²) in [5.74, 6) is 0.704. The zero-order valence-electron chi connectivity index (χ0n) is 23.5. The summed E-state index contributed by atoms with van der Waals surface area (Å²) >= 11 is 0. The molecule has 2 aromatic heterocycles. The van der Waals surface area contributed by atoms with Crippen LogP contribution in [-0.2, 0) is 19.1 Å². The highest BCUT2D eigenvalue weighted by Crippen LogP contribution is 2.39. The molecule has 0 atom stereocenters. The number of hydrogen-bond acceptors (Lipinski definition) is 3. The third kappa shape index (κ3) is 7.07. The van der Waals surface area contributed by atoms with Gasteiger partial charge in [-0.25, -0.2) is 0 Å². The molecular weight excluding hydrogens is 503 g/mol. The maximum Gasteiger partial charge on any atom is 0.417 e. The molecule has 4 rings (SSSR count). The molecule has 1 fully saturated rings. The number of halogens is 3. The van der Waals surface area contributed by atoms with Crippen LogP contribution in [0.2, 0.25) is 0 Å². The first-order valence-electron chi connectivity index (χ1n) is 14.8. The van der Waals surface area contributed by atoms with Crippen molar-refractivity contribution < 1.29 is 18.3 Å². The van der Waals surface area contributed by atoms with E-state index >= 15 is 0 Å². The number of aryl methyl sites for hydroxylation is 2. The molecule has 2 N–H and O–H groups in total. The lowest BCUT2D eigenvalue weighted by molar-refractivity contribution is -0.136. The number of H-pyrrole nitrogens is 1. The first kappa shape index (κ1) is 29.7. The van der Waals surface area contributed by atoms with E-state index in [1.54, 1.807) is 6.07 Å². The average molecular weight is 548 g/mol. The quantitative estimate of drug-likeness (QED) is 0.223. The molecule has 1 aliphatic heterocycles. The Balaban J connectivity index is 1.29. The van der Waals surface area contributed by atoms with Gasteiger partial charge in [-0.15, -0.1) is 0 Å². The summed E-state index contributed by atoms with van der Waals surface area (Å²) in [5.41, 5.74) is 1.39. The van der Waals surface area contributed by atoms with Crippen molar-refractivity contribution in [3.05, 3.63) is 45.4 Å². The molecule has 0 saturated carbocycles. The number of nitrogens with one attached hydrogen (secondary N) is 1. The highest BCUT2D eigenvalue weighted by molar-refractivity contribution is 6.09. The van der Waals surface area contributed by atoms with Gasteiger partial charge < -0.3 is 19.6 Å². The van der Waals surface area contributed by atoms with Crippen molar-refractivity contribution in [1.29, 1.82) is 0 Å². The standard InChI is InChI=1S/C31H44F3N3O2/c1-3-26-22(2)29-27(12-11-25-30(29)24(31(32,33)34)21-28(39)35-25)37(26)17-10-8-6-4-5-7-9-16-36-18-13-23(14-19-36)15-20-38/h11-12,21,23,38H,3-10,13-20H2,1-2H3,(H,35,39). The van der Waals surface area contributed by atoms with Crippen LogP contribution in [0.3, 0.4) is 0 Å². The van der Waals surface area contributed by atoms with Crippen molar-refractivity contribution in [3.63, 3.8) is 0 Å². The number of aromatic amines is 1. The number of aliphatic hydroxyl groups is 1. The Bertz CT molecular complexity index is 1290. The predicted octanol–water partition coefficient (Wildman–Crippen LogP) is 7.20. The van der Waals surface area contributed by atoms with Crippen molar-refractivity contribution in [2.75, 3.05) is 26.2 Å². The summed E-state index contributed by atoms with van der Waals surface area (Å²) in [6.45, 7) is 8.57. The lowest BCUT2D eigenvalue weighted by atomic mass is 9.94. The second-order valence-electron chi connectivity index (χ2n) is 11.3. The minimum Gasteiger partial charge on any atom is -0.396 e. The number of benzene rings is 1. The molecule has 8 heteroatoms. The monoisotopic (exact) mass is 547 g/mol. The molecule has 3 heterocycles. The van der Waals surface area contributed by atoms with E-state index in [0.29, 0.717) is 24.0 Å². The Morgan fingerprint density at radius 3 is 2.23 bits per heavy atom. The minimum absolute atomic E-state index is 0.0973. The van der Waals surface area contributed by atoms with Crippen LogP contribution in [0, 0.1) is 12.8 Å². The highest BCUT2D eigenvalue weighted by atomic mass is 19.4. The molecule has 3 aromatic rings. The van der Waals surface area contributed by atoms with E-state index in [-0.39, 0.29) is 10.9 Å². The summed E-state index contributed by atoms with van der Waals surface area (Å²) in [6.07, 6.45) is 7.78. The van der Waals surface area contributed by atoms with Gasteiger partial charge in [0.05, 0.1) is 5.56 Å². The molecule has 0 unspecified atom stereocenters. The number of pyridine rings is 1. The van der Waals surface area contributed by atoms with Gasteiger partial charge in [0.15, 0.2) is 0 Å². The minimum atomic E-state index is -4.60. The van der Waals surface area contributed by atoms with Crippen molar-refractivity contribution in [3.8, 4) is 0 Å². The van der Waals surface area contributed by atoms with Gasteiger partial charge in [-0.2, -0.15) is 13.2 Å². The molecule has 0 radical (unpaired) electrons. The fourth-order valence-electron chi connectivity index (χ4n) is 6.55. The van der Waals surface area contributed by atoms with E-state index in [1.807, 2.05) is 19.9 Å². The van der Waals surface area contributed by atoms with E-state index in [9.17, 15) is 18.0 Å². The number of fused-ring (bicyclic) bond motifs is 3. The van der Waals surface area contributed by atoms with Gasteiger partial charge in [0.1, 0.15) is 0 Å². The van der Waals surface area contributed by atoms with E-state index in [1.165, 1.54) is 64.6 Å². The number of likely N-dealkylation sites (tertiary alicyclic amines) is 1. The molecule has 0 bridgehead atoms. The average Bonchev–Trinajstić information content (AvgIpc) is 3.18. The number of unbranched alkanes of at least 4 members (excludes halogenated alkanes) is 6. The van der Waals surface area contributed by atoms with E-state index in [0.717, 1.165) is 49.0 Å². The number of aromatic nitrogens is 2. The van der Waals surface area contributed by atoms with Crippen molar-refractivity contribution in [2.45, 2.75) is 97.2 Å². The highest BCUT2D eigenvalue weighted by Gasteiger charge is 2.34. The summed E-state index contributed by atoms with van der Waals surface area (Å²) in [7, 11) is 0. The Morgan fingerprint density at radius 2 is 1.62 bits per heavy atom. The topological polar surface area (TPSA) is 61.3 Å². The molecule has 216 valence electrons. The van der Waals surface area contributed by atoms with Crippen LogP contribution in [0.1, 0.15) is 88.0 Å². The van der Waals surface area contributed by atoms with E-state index in [2.05, 4.69) is 14.5 Å². The van der Waals surface area contributed by atoms with Gasteiger partial charge in [0.2, 0.25) is 5.56 Å². The van der Waals surface area contributed by atoms with E-state index in [4.69, 9.17) is 5.11 Å². The normalized spacial score (nSPS) is 15.6. The van der Waals surface area contributed by atoms with Gasteiger partial charge in [0.25, 0.3) is 0 Å². The van der Waals surface area contributed by atoms with Crippen molar-refractivity contribution in [2.24, 2.45) is 5.92 Å². The van der Waals surface area contributed by atoms with Crippen LogP contribution < -0.4 is 5.56 Å². The second kappa shape index (κ2) is 13.4. The fourth-order valence-corrected chi connectivity index (χ4v) is 6.55. The Kier molecular flexibility index (Phi) is 10.2. The number of hydrogen-bond donors (Lipinski definition) is 2. The van der Waals surface area contributed by atoms with Crippen LogP contribution in [0.4, 0.5) is 13.2 Å². The maximum absolute atomic E-state index is 13.9. The van der Waals surface area contributed by atoms with Crippen LogP contribution in [0.15, 0.2) is 23.0 Å². The summed E-state index contributed by atoms with van der Waals surface area (Å²) < 4.78 is 43.9. The number of piperidine rings is 1. The number of nitrogens with zero attached hydrogens (tertiary/aromatic N) is 2. The van der Waals surface area contributed by atoms with Crippen LogP contribution >= 0.6 is 0 Å². The van der Waals surface area contributed by atoms with Gasteiger partial charge in [-0.1, -0.05) is 39.0 Å². The van der Waals surface area contributed by atoms with Gasteiger partial charge in [-0.3, -0.25) is 4.79 Å². The maximum atomic E-state index is 13.9. The first-order valence-corrected chi connectivity index (χ1v) is 14.8. The zero-order valence-corrected chi connectivity index (χ0v) is 23.5. The Hall–Kier alpha value is -2.32. The SMILES string of the molecule is CCc1c(C)c2c3c(C(F)(F)F)cc(=O)[nH]c3ccc2n1CCCCCCCCCN1CCC(CCO)CC1. The summed E-state index contributed by atoms with van der Waals surface area (Å²) in [4.78, 5) is 17.1. The van der Waals surface area contributed by atoms with Crippen LogP contribution in [0.5, 0.6) is 0 Å². The van der Waals surface area contributed by atoms with Crippen molar-refractivity contribution >= 4 is 21.8 Å². The molecule has 39 heavy (non-hydrogen) atoms. The first-order chi connectivity index (χ1) is 18.7. The fraction of sp³-hybridized carbons (Fsp3) is 0.645. The second-order valence-corrected chi connectivity index (χ2v) is 11.3. The summed E-state index contributed by atoms with van der Waals surface area (Å²) in [6, 6.07) is 4.15.